The van der Waals surface area contributed by atoms with Gasteiger partial charge in [-0.1, -0.05) is 42.1 Å². The van der Waals surface area contributed by atoms with Crippen LogP contribution in [0.25, 0.3) is 5.69 Å². The van der Waals surface area contributed by atoms with Gasteiger partial charge in [-0.2, -0.15) is 0 Å². The molecule has 0 spiro atoms. The van der Waals surface area contributed by atoms with Crippen LogP contribution in [0.2, 0.25) is 0 Å². The van der Waals surface area contributed by atoms with Crippen molar-refractivity contribution in [2.24, 2.45) is 0 Å². The van der Waals surface area contributed by atoms with E-state index < -0.39 is 11.4 Å². The van der Waals surface area contributed by atoms with E-state index in [1.165, 1.54) is 11.8 Å². The lowest BCUT2D eigenvalue weighted by molar-refractivity contribution is -0.120. The van der Waals surface area contributed by atoms with E-state index in [1.807, 2.05) is 72.2 Å². The third-order valence-electron chi connectivity index (χ3n) is 5.14. The van der Waals surface area contributed by atoms with Crippen LogP contribution in [0.1, 0.15) is 24.6 Å². The first kappa shape index (κ1) is 21.1. The third kappa shape index (κ3) is 4.58. The molecular weight excluding hydrogens is 440 g/mol. The zero-order valence-corrected chi connectivity index (χ0v) is 18.7. The molecule has 0 aliphatic carbocycles. The molecule has 0 saturated heterocycles. The number of benzene rings is 2. The minimum Gasteiger partial charge on any atom is -0.485 e. The summed E-state index contributed by atoms with van der Waals surface area (Å²) >= 11 is 1.33. The summed E-state index contributed by atoms with van der Waals surface area (Å²) < 4.78 is 19.3. The highest BCUT2D eigenvalue weighted by molar-refractivity contribution is 8.00. The Morgan fingerprint density at radius 2 is 1.88 bits per heavy atom. The average molecular weight is 463 g/mol. The number of carbonyl (C=O) groups excluding carboxylic acids is 1. The Labute approximate surface area is 194 Å². The summed E-state index contributed by atoms with van der Waals surface area (Å²) in [6.45, 7) is 2.48. The van der Waals surface area contributed by atoms with Crippen LogP contribution in [0.4, 0.5) is 0 Å². The van der Waals surface area contributed by atoms with Crippen LogP contribution in [-0.2, 0) is 11.3 Å². The Morgan fingerprint density at radius 1 is 1.09 bits per heavy atom. The van der Waals surface area contributed by atoms with Gasteiger partial charge in [-0.05, 0) is 43.3 Å². The standard InChI is InChI=1S/C24H22N4O4S/c1-16(23(29)25-14-18-10-7-13-30-18)33-24-27-26-22(28(24)17-8-3-2-4-9-17)21-15-31-19-11-5-6-12-20(19)32-21/h2-13,16,21H,14-15H2,1H3,(H,25,29)/t16-,21+/m1/s1. The Kier molecular flexibility index (Phi) is 6.03. The largest absolute Gasteiger partial charge is 0.485 e. The Morgan fingerprint density at radius 3 is 2.67 bits per heavy atom. The van der Waals surface area contributed by atoms with Crippen molar-refractivity contribution >= 4 is 17.7 Å². The quantitative estimate of drug-likeness (QED) is 0.412. The van der Waals surface area contributed by atoms with Gasteiger partial charge in [-0.3, -0.25) is 9.36 Å². The molecule has 0 saturated carbocycles. The first-order valence-electron chi connectivity index (χ1n) is 10.5. The van der Waals surface area contributed by atoms with E-state index >= 15 is 0 Å². The zero-order valence-electron chi connectivity index (χ0n) is 17.9. The second-order valence-corrected chi connectivity index (χ2v) is 8.74. The van der Waals surface area contributed by atoms with Crippen molar-refractivity contribution in [3.8, 4) is 17.2 Å². The third-order valence-corrected chi connectivity index (χ3v) is 6.18. The first-order chi connectivity index (χ1) is 16.2. The molecule has 1 aliphatic rings. The van der Waals surface area contributed by atoms with E-state index in [-0.39, 0.29) is 5.91 Å². The molecule has 2 aromatic heterocycles. The number of rotatable bonds is 7. The van der Waals surface area contributed by atoms with E-state index in [9.17, 15) is 4.79 Å². The van der Waals surface area contributed by atoms with Crippen molar-refractivity contribution in [3.63, 3.8) is 0 Å². The normalized spacial score (nSPS) is 15.7. The molecule has 5 rings (SSSR count). The van der Waals surface area contributed by atoms with Crippen molar-refractivity contribution in [1.82, 2.24) is 20.1 Å². The number of aromatic nitrogens is 3. The number of ether oxygens (including phenoxy) is 2. The van der Waals surface area contributed by atoms with E-state index in [1.54, 1.807) is 12.3 Å². The fraction of sp³-hybridized carbons (Fsp3) is 0.208. The monoisotopic (exact) mass is 462 g/mol. The fourth-order valence-electron chi connectivity index (χ4n) is 3.48. The molecule has 1 aliphatic heterocycles. The van der Waals surface area contributed by atoms with Crippen molar-refractivity contribution < 1.29 is 18.7 Å². The van der Waals surface area contributed by atoms with Gasteiger partial charge in [-0.25, -0.2) is 0 Å². The predicted octanol–water partition coefficient (Wildman–Crippen LogP) is 4.17. The molecule has 4 aromatic rings. The minimum atomic E-state index is -0.440. The van der Waals surface area contributed by atoms with Gasteiger partial charge in [0, 0.05) is 5.69 Å². The maximum atomic E-state index is 12.7. The lowest BCUT2D eigenvalue weighted by Gasteiger charge is -2.26. The minimum absolute atomic E-state index is 0.119. The SMILES string of the molecule is C[C@@H](Sc1nnc([C@@H]2COc3ccccc3O2)n1-c1ccccc1)C(=O)NCc1ccco1. The number of fused-ring (bicyclic) bond motifs is 1. The van der Waals surface area contributed by atoms with E-state index in [0.29, 0.717) is 41.4 Å². The number of nitrogens with zero attached hydrogens (tertiary/aromatic N) is 3. The second-order valence-electron chi connectivity index (χ2n) is 7.43. The van der Waals surface area contributed by atoms with Gasteiger partial charge < -0.3 is 19.2 Å². The van der Waals surface area contributed by atoms with Gasteiger partial charge in [0.05, 0.1) is 18.1 Å². The van der Waals surface area contributed by atoms with E-state index in [0.717, 1.165) is 5.69 Å². The molecule has 0 unspecified atom stereocenters. The molecule has 1 N–H and O–H groups in total. The summed E-state index contributed by atoms with van der Waals surface area (Å²) in [4.78, 5) is 12.7. The van der Waals surface area contributed by atoms with Crippen LogP contribution in [0.3, 0.4) is 0 Å². The maximum Gasteiger partial charge on any atom is 0.233 e. The maximum absolute atomic E-state index is 12.7. The lowest BCUT2D eigenvalue weighted by Crippen LogP contribution is -2.30. The number of para-hydroxylation sites is 3. The van der Waals surface area contributed by atoms with Gasteiger partial charge in [-0.15, -0.1) is 10.2 Å². The Balaban J connectivity index is 1.39. The summed E-state index contributed by atoms with van der Waals surface area (Å²) in [5.74, 6) is 2.56. The highest BCUT2D eigenvalue weighted by Crippen LogP contribution is 2.37. The molecular formula is C24H22N4O4S. The van der Waals surface area contributed by atoms with Crippen molar-refractivity contribution in [3.05, 3.63) is 84.6 Å². The molecule has 3 heterocycles. The molecule has 2 atom stereocenters. The van der Waals surface area contributed by atoms with Crippen molar-refractivity contribution in [2.75, 3.05) is 6.61 Å². The molecule has 9 heteroatoms. The van der Waals surface area contributed by atoms with Gasteiger partial charge in [0.15, 0.2) is 28.6 Å². The van der Waals surface area contributed by atoms with Gasteiger partial charge in [0.2, 0.25) is 5.91 Å². The summed E-state index contributed by atoms with van der Waals surface area (Å²) in [7, 11) is 0. The first-order valence-corrected chi connectivity index (χ1v) is 11.4. The zero-order chi connectivity index (χ0) is 22.6. The number of hydrogen-bond donors (Lipinski definition) is 1. The van der Waals surface area contributed by atoms with E-state index in [2.05, 4.69) is 15.5 Å². The molecule has 2 aromatic carbocycles. The van der Waals surface area contributed by atoms with E-state index in [4.69, 9.17) is 13.9 Å². The smallest absolute Gasteiger partial charge is 0.233 e. The molecule has 0 radical (unpaired) electrons. The number of hydrogen-bond acceptors (Lipinski definition) is 7. The summed E-state index contributed by atoms with van der Waals surface area (Å²) in [5, 5.41) is 11.9. The fourth-order valence-corrected chi connectivity index (χ4v) is 4.37. The predicted molar refractivity (Wildman–Crippen MR) is 123 cm³/mol. The Hall–Kier alpha value is -3.72. The summed E-state index contributed by atoms with van der Waals surface area (Å²) in [6.07, 6.45) is 1.14. The molecule has 8 nitrogen and oxygen atoms in total. The molecule has 168 valence electrons. The van der Waals surface area contributed by atoms with Crippen LogP contribution < -0.4 is 14.8 Å². The number of furan rings is 1. The van der Waals surface area contributed by atoms with Crippen LogP contribution >= 0.6 is 11.8 Å². The van der Waals surface area contributed by atoms with Crippen LogP contribution in [0.5, 0.6) is 11.5 Å². The van der Waals surface area contributed by atoms with Crippen LogP contribution in [-0.4, -0.2) is 32.5 Å². The van der Waals surface area contributed by atoms with Gasteiger partial charge in [0.1, 0.15) is 12.4 Å². The number of amides is 1. The molecule has 0 bridgehead atoms. The molecule has 1 amide bonds. The second kappa shape index (κ2) is 9.41. The summed E-state index contributed by atoms with van der Waals surface area (Å²) in [5.41, 5.74) is 0.880. The average Bonchev–Trinajstić information content (AvgIpc) is 3.53. The highest BCUT2D eigenvalue weighted by atomic mass is 32.2. The molecule has 33 heavy (non-hydrogen) atoms. The number of nitrogens with one attached hydrogen (secondary N) is 1. The lowest BCUT2D eigenvalue weighted by atomic mass is 10.2. The van der Waals surface area contributed by atoms with Crippen molar-refractivity contribution in [2.45, 2.75) is 30.0 Å². The number of thioether (sulfide) groups is 1. The topological polar surface area (TPSA) is 91.4 Å². The summed E-state index contributed by atoms with van der Waals surface area (Å²) in [6, 6.07) is 20.9. The van der Waals surface area contributed by atoms with Crippen LogP contribution in [0.15, 0.2) is 82.6 Å². The number of carbonyl (C=O) groups is 1. The highest BCUT2D eigenvalue weighted by Gasteiger charge is 2.30. The van der Waals surface area contributed by atoms with Gasteiger partial charge in [0.25, 0.3) is 0 Å². The van der Waals surface area contributed by atoms with Gasteiger partial charge >= 0.3 is 0 Å². The van der Waals surface area contributed by atoms with Crippen LogP contribution in [0, 0.1) is 0 Å². The van der Waals surface area contributed by atoms with Crippen molar-refractivity contribution in [1.29, 1.82) is 0 Å². The Bertz CT molecular complexity index is 1230. The molecule has 0 fully saturated rings.